The van der Waals surface area contributed by atoms with E-state index < -0.39 is 0 Å². The Kier molecular flexibility index (Phi) is 6.07. The van der Waals surface area contributed by atoms with Crippen molar-refractivity contribution in [3.8, 4) is 0 Å². The minimum atomic E-state index is 0.180. The summed E-state index contributed by atoms with van der Waals surface area (Å²) in [6.07, 6.45) is 7.28. The van der Waals surface area contributed by atoms with E-state index in [1.54, 1.807) is 0 Å². The second-order valence-corrected chi connectivity index (χ2v) is 9.89. The van der Waals surface area contributed by atoms with Crippen molar-refractivity contribution in [1.82, 2.24) is 0 Å². The molecule has 21 heavy (non-hydrogen) atoms. The van der Waals surface area contributed by atoms with Gasteiger partial charge in [-0.25, -0.2) is 0 Å². The molecule has 2 nitrogen and oxygen atoms in total. The van der Waals surface area contributed by atoms with E-state index in [1.165, 1.54) is 43.6 Å². The summed E-state index contributed by atoms with van der Waals surface area (Å²) in [6, 6.07) is 0.359. The van der Waals surface area contributed by atoms with Gasteiger partial charge < -0.3 is 10.5 Å². The van der Waals surface area contributed by atoms with Gasteiger partial charge in [-0.15, -0.1) is 0 Å². The van der Waals surface area contributed by atoms with Crippen LogP contribution in [-0.4, -0.2) is 29.8 Å². The zero-order valence-corrected chi connectivity index (χ0v) is 15.3. The molecule has 124 valence electrons. The monoisotopic (exact) mass is 313 g/mol. The average molecular weight is 314 g/mol. The van der Waals surface area contributed by atoms with Gasteiger partial charge in [0.1, 0.15) is 0 Å². The highest BCUT2D eigenvalue weighted by Crippen LogP contribution is 2.41. The third-order valence-electron chi connectivity index (χ3n) is 5.18. The first kappa shape index (κ1) is 17.6. The first-order chi connectivity index (χ1) is 9.80. The number of rotatable bonds is 4. The van der Waals surface area contributed by atoms with E-state index in [4.69, 9.17) is 10.5 Å². The molecule has 0 radical (unpaired) electrons. The van der Waals surface area contributed by atoms with Gasteiger partial charge in [0.05, 0.1) is 5.60 Å². The van der Waals surface area contributed by atoms with Gasteiger partial charge in [-0.2, -0.15) is 11.8 Å². The lowest BCUT2D eigenvalue weighted by Crippen LogP contribution is -2.47. The second-order valence-electron chi connectivity index (χ2n) is 8.67. The Hall–Kier alpha value is 0.270. The topological polar surface area (TPSA) is 35.2 Å². The Morgan fingerprint density at radius 3 is 2.57 bits per heavy atom. The minimum absolute atomic E-state index is 0.180. The first-order valence-electron chi connectivity index (χ1n) is 8.77. The van der Waals surface area contributed by atoms with E-state index in [1.807, 2.05) is 0 Å². The fourth-order valence-electron chi connectivity index (χ4n) is 4.31. The van der Waals surface area contributed by atoms with E-state index >= 15 is 0 Å². The van der Waals surface area contributed by atoms with Crippen molar-refractivity contribution in [2.24, 2.45) is 23.0 Å². The van der Waals surface area contributed by atoms with Gasteiger partial charge in [-0.1, -0.05) is 27.7 Å². The fraction of sp³-hybridized carbons (Fsp3) is 1.00. The van der Waals surface area contributed by atoms with E-state index in [-0.39, 0.29) is 5.60 Å². The van der Waals surface area contributed by atoms with Crippen LogP contribution in [0.1, 0.15) is 66.2 Å². The van der Waals surface area contributed by atoms with Crippen LogP contribution in [0.4, 0.5) is 0 Å². The molecule has 3 atom stereocenters. The third kappa shape index (κ3) is 5.44. The standard InChI is InChI=1S/C18H35NOS/c1-14(12-17(2,3)4)11-16(19)15-5-8-20-18(13-15)6-9-21-10-7-18/h14-16H,5-13,19H2,1-4H3. The number of thioether (sulfide) groups is 1. The van der Waals surface area contributed by atoms with Crippen molar-refractivity contribution < 1.29 is 4.74 Å². The Morgan fingerprint density at radius 1 is 1.29 bits per heavy atom. The predicted octanol–water partition coefficient (Wildman–Crippen LogP) is 4.47. The molecule has 2 N–H and O–H groups in total. The highest BCUT2D eigenvalue weighted by Gasteiger charge is 2.40. The Labute approximate surface area is 136 Å². The molecule has 0 aromatic rings. The van der Waals surface area contributed by atoms with E-state index in [0.717, 1.165) is 18.9 Å². The van der Waals surface area contributed by atoms with Gasteiger partial charge >= 0.3 is 0 Å². The summed E-state index contributed by atoms with van der Waals surface area (Å²) in [4.78, 5) is 0. The molecule has 1 spiro atoms. The Balaban J connectivity index is 1.85. The number of ether oxygens (including phenoxy) is 1. The van der Waals surface area contributed by atoms with Crippen molar-refractivity contribution in [3.05, 3.63) is 0 Å². The molecule has 2 saturated heterocycles. The van der Waals surface area contributed by atoms with Gasteiger partial charge in [0.2, 0.25) is 0 Å². The van der Waals surface area contributed by atoms with Gasteiger partial charge in [-0.3, -0.25) is 0 Å². The molecule has 2 rings (SSSR count). The van der Waals surface area contributed by atoms with Crippen LogP contribution < -0.4 is 5.73 Å². The molecule has 0 aromatic carbocycles. The summed E-state index contributed by atoms with van der Waals surface area (Å²) in [6.45, 7) is 10.3. The van der Waals surface area contributed by atoms with Crippen LogP contribution in [0.3, 0.4) is 0 Å². The zero-order chi connectivity index (χ0) is 15.5. The van der Waals surface area contributed by atoms with Crippen LogP contribution in [0, 0.1) is 17.3 Å². The lowest BCUT2D eigenvalue weighted by atomic mass is 9.75. The maximum Gasteiger partial charge on any atom is 0.0701 e. The van der Waals surface area contributed by atoms with Crippen LogP contribution in [-0.2, 0) is 4.74 Å². The highest BCUT2D eigenvalue weighted by molar-refractivity contribution is 7.99. The van der Waals surface area contributed by atoms with Crippen LogP contribution >= 0.6 is 11.8 Å². The second kappa shape index (κ2) is 7.23. The summed E-state index contributed by atoms with van der Waals surface area (Å²) in [7, 11) is 0. The SMILES string of the molecule is CC(CC(N)C1CCOC2(CCSCC2)C1)CC(C)(C)C. The molecule has 2 fully saturated rings. The van der Waals surface area contributed by atoms with Gasteiger partial charge in [0, 0.05) is 12.6 Å². The zero-order valence-electron chi connectivity index (χ0n) is 14.5. The molecule has 0 amide bonds. The van der Waals surface area contributed by atoms with Crippen molar-refractivity contribution >= 4 is 11.8 Å². The lowest BCUT2D eigenvalue weighted by molar-refractivity contribution is -0.106. The molecule has 3 heteroatoms. The molecule has 0 aliphatic carbocycles. The predicted molar refractivity (Wildman–Crippen MR) is 93.8 cm³/mol. The summed E-state index contributed by atoms with van der Waals surface area (Å²) in [5, 5.41) is 0. The molecular formula is C18H35NOS. The summed E-state index contributed by atoms with van der Waals surface area (Å²) < 4.78 is 6.20. The highest BCUT2D eigenvalue weighted by atomic mass is 32.2. The van der Waals surface area contributed by atoms with Crippen molar-refractivity contribution in [3.63, 3.8) is 0 Å². The van der Waals surface area contributed by atoms with Crippen LogP contribution in [0.15, 0.2) is 0 Å². The van der Waals surface area contributed by atoms with Gasteiger partial charge in [0.15, 0.2) is 0 Å². The van der Waals surface area contributed by atoms with Crippen LogP contribution in [0.25, 0.3) is 0 Å². The van der Waals surface area contributed by atoms with E-state index in [9.17, 15) is 0 Å². The molecule has 2 heterocycles. The lowest BCUT2D eigenvalue weighted by Gasteiger charge is -2.45. The maximum absolute atomic E-state index is 6.60. The average Bonchev–Trinajstić information content (AvgIpc) is 2.37. The van der Waals surface area contributed by atoms with Crippen LogP contribution in [0.5, 0.6) is 0 Å². The number of hydrogen-bond donors (Lipinski definition) is 1. The van der Waals surface area contributed by atoms with Crippen LogP contribution in [0.2, 0.25) is 0 Å². The van der Waals surface area contributed by atoms with Crippen molar-refractivity contribution in [1.29, 1.82) is 0 Å². The third-order valence-corrected chi connectivity index (χ3v) is 6.16. The van der Waals surface area contributed by atoms with E-state index in [0.29, 0.717) is 17.4 Å². The summed E-state index contributed by atoms with van der Waals surface area (Å²) >= 11 is 2.08. The Morgan fingerprint density at radius 2 is 1.95 bits per heavy atom. The normalized spacial score (nSPS) is 29.3. The fourth-order valence-corrected chi connectivity index (χ4v) is 5.55. The number of hydrogen-bond acceptors (Lipinski definition) is 3. The summed E-state index contributed by atoms with van der Waals surface area (Å²) in [5.74, 6) is 3.93. The first-order valence-corrected chi connectivity index (χ1v) is 9.92. The molecule has 2 aliphatic heterocycles. The largest absolute Gasteiger partial charge is 0.375 e. The van der Waals surface area contributed by atoms with Crippen molar-refractivity contribution in [2.75, 3.05) is 18.1 Å². The Bertz CT molecular complexity index is 314. The minimum Gasteiger partial charge on any atom is -0.375 e. The van der Waals surface area contributed by atoms with Gasteiger partial charge in [0.25, 0.3) is 0 Å². The van der Waals surface area contributed by atoms with Gasteiger partial charge in [-0.05, 0) is 67.3 Å². The number of nitrogens with two attached hydrogens (primary N) is 1. The molecule has 0 bridgehead atoms. The molecule has 0 saturated carbocycles. The smallest absolute Gasteiger partial charge is 0.0701 e. The molecule has 0 aromatic heterocycles. The molecular weight excluding hydrogens is 278 g/mol. The van der Waals surface area contributed by atoms with Crippen molar-refractivity contribution in [2.45, 2.75) is 77.9 Å². The quantitative estimate of drug-likeness (QED) is 0.832. The van der Waals surface area contributed by atoms with E-state index in [2.05, 4.69) is 39.5 Å². The maximum atomic E-state index is 6.60. The molecule has 2 aliphatic rings. The summed E-state index contributed by atoms with van der Waals surface area (Å²) in [5.41, 5.74) is 7.19. The molecule has 3 unspecified atom stereocenters.